The van der Waals surface area contributed by atoms with E-state index in [0.29, 0.717) is 0 Å². The van der Waals surface area contributed by atoms with Crippen molar-refractivity contribution in [2.24, 2.45) is 0 Å². The van der Waals surface area contributed by atoms with Crippen LogP contribution in [0, 0.1) is 27.7 Å². The lowest BCUT2D eigenvalue weighted by atomic mass is 10.1. The maximum absolute atomic E-state index is 5.23. The summed E-state index contributed by atoms with van der Waals surface area (Å²) in [5.41, 5.74) is 6.51. The van der Waals surface area contributed by atoms with Crippen molar-refractivity contribution in [3.8, 4) is 11.1 Å². The third-order valence-corrected chi connectivity index (χ3v) is 3.49. The van der Waals surface area contributed by atoms with Crippen molar-refractivity contribution in [1.29, 1.82) is 0 Å². The Kier molecular flexibility index (Phi) is 2.26. The summed E-state index contributed by atoms with van der Waals surface area (Å²) in [7, 11) is 0. The molecule has 0 N–H and O–H groups in total. The largest absolute Gasteiger partial charge is 0.361 e. The summed E-state index contributed by atoms with van der Waals surface area (Å²) in [6.07, 6.45) is 1.88. The van der Waals surface area contributed by atoms with Gasteiger partial charge in [0.1, 0.15) is 5.76 Å². The second-order valence-electron chi connectivity index (χ2n) is 4.66. The van der Waals surface area contributed by atoms with E-state index in [1.807, 2.05) is 24.6 Å². The van der Waals surface area contributed by atoms with E-state index < -0.39 is 0 Å². The number of nitrogens with zero attached hydrogens (tertiary/aromatic N) is 3. The zero-order chi connectivity index (χ0) is 12.9. The van der Waals surface area contributed by atoms with Gasteiger partial charge in [0, 0.05) is 11.3 Å². The van der Waals surface area contributed by atoms with Crippen LogP contribution in [0.5, 0.6) is 0 Å². The molecule has 3 aromatic rings. The van der Waals surface area contributed by atoms with Crippen molar-refractivity contribution in [3.05, 3.63) is 41.0 Å². The molecule has 0 bridgehead atoms. The van der Waals surface area contributed by atoms with E-state index in [-0.39, 0.29) is 0 Å². The molecule has 4 heteroatoms. The fourth-order valence-electron chi connectivity index (χ4n) is 2.34. The van der Waals surface area contributed by atoms with E-state index >= 15 is 0 Å². The van der Waals surface area contributed by atoms with Crippen LogP contribution in [0.4, 0.5) is 0 Å². The van der Waals surface area contributed by atoms with Crippen molar-refractivity contribution in [2.75, 3.05) is 0 Å². The standard InChI is InChI=1S/C14H15N3O/c1-8-5-6-13-12(7-15-17(13)10(8)3)14-9(2)16-18-11(14)4/h5-7H,1-4H3. The van der Waals surface area contributed by atoms with Crippen LogP contribution in [0.1, 0.15) is 22.7 Å². The minimum absolute atomic E-state index is 0.834. The minimum atomic E-state index is 0.834. The topological polar surface area (TPSA) is 43.3 Å². The highest BCUT2D eigenvalue weighted by Crippen LogP contribution is 2.31. The second kappa shape index (κ2) is 3.70. The number of pyridine rings is 1. The smallest absolute Gasteiger partial charge is 0.141 e. The molecule has 3 aromatic heterocycles. The average molecular weight is 241 g/mol. The first-order valence-electron chi connectivity index (χ1n) is 5.97. The van der Waals surface area contributed by atoms with E-state index in [2.05, 4.69) is 36.2 Å². The number of aromatic nitrogens is 3. The highest BCUT2D eigenvalue weighted by molar-refractivity contribution is 5.82. The van der Waals surface area contributed by atoms with Crippen molar-refractivity contribution < 1.29 is 4.52 Å². The fourth-order valence-corrected chi connectivity index (χ4v) is 2.34. The molecule has 0 saturated carbocycles. The lowest BCUT2D eigenvalue weighted by molar-refractivity contribution is 0.393. The van der Waals surface area contributed by atoms with Crippen molar-refractivity contribution in [3.63, 3.8) is 0 Å². The van der Waals surface area contributed by atoms with E-state index in [1.165, 1.54) is 5.56 Å². The molecule has 0 aliphatic carbocycles. The molecule has 0 atom stereocenters. The van der Waals surface area contributed by atoms with Gasteiger partial charge in [0.15, 0.2) is 0 Å². The summed E-state index contributed by atoms with van der Waals surface area (Å²) in [5.74, 6) is 0.834. The molecule has 18 heavy (non-hydrogen) atoms. The van der Waals surface area contributed by atoms with Crippen LogP contribution in [-0.2, 0) is 0 Å². The quantitative estimate of drug-likeness (QED) is 0.657. The normalized spacial score (nSPS) is 11.3. The van der Waals surface area contributed by atoms with E-state index in [4.69, 9.17) is 4.52 Å². The van der Waals surface area contributed by atoms with Gasteiger partial charge >= 0.3 is 0 Å². The van der Waals surface area contributed by atoms with Gasteiger partial charge in [-0.25, -0.2) is 4.52 Å². The summed E-state index contributed by atoms with van der Waals surface area (Å²) in [4.78, 5) is 0. The first-order valence-corrected chi connectivity index (χ1v) is 5.97. The Labute approximate surface area is 105 Å². The van der Waals surface area contributed by atoms with Gasteiger partial charge in [-0.15, -0.1) is 0 Å². The Hall–Kier alpha value is -2.10. The first-order chi connectivity index (χ1) is 8.59. The van der Waals surface area contributed by atoms with Gasteiger partial charge in [0.05, 0.1) is 23.0 Å². The molecule has 4 nitrogen and oxygen atoms in total. The van der Waals surface area contributed by atoms with Gasteiger partial charge in [-0.1, -0.05) is 11.2 Å². The van der Waals surface area contributed by atoms with E-state index in [0.717, 1.165) is 33.8 Å². The molecule has 0 amide bonds. The third kappa shape index (κ3) is 1.38. The summed E-state index contributed by atoms with van der Waals surface area (Å²) in [6, 6.07) is 4.21. The van der Waals surface area contributed by atoms with Crippen LogP contribution >= 0.6 is 0 Å². The first kappa shape index (κ1) is 11.0. The van der Waals surface area contributed by atoms with Gasteiger partial charge < -0.3 is 4.52 Å². The van der Waals surface area contributed by atoms with Crippen molar-refractivity contribution in [1.82, 2.24) is 14.8 Å². The lowest BCUT2D eigenvalue weighted by Crippen LogP contribution is -1.95. The third-order valence-electron chi connectivity index (χ3n) is 3.49. The summed E-state index contributed by atoms with van der Waals surface area (Å²) >= 11 is 0. The molecule has 0 spiro atoms. The summed E-state index contributed by atoms with van der Waals surface area (Å²) in [6.45, 7) is 8.05. The maximum atomic E-state index is 5.23. The van der Waals surface area contributed by atoms with Crippen LogP contribution in [0.15, 0.2) is 22.9 Å². The summed E-state index contributed by atoms with van der Waals surface area (Å²) in [5, 5.41) is 8.47. The van der Waals surface area contributed by atoms with Crippen LogP contribution in [-0.4, -0.2) is 14.8 Å². The Morgan fingerprint density at radius 2 is 1.89 bits per heavy atom. The van der Waals surface area contributed by atoms with Gasteiger partial charge in [-0.05, 0) is 39.3 Å². The molecule has 0 saturated heterocycles. The average Bonchev–Trinajstić information content (AvgIpc) is 2.89. The Morgan fingerprint density at radius 3 is 2.56 bits per heavy atom. The molecule has 0 radical (unpaired) electrons. The predicted molar refractivity (Wildman–Crippen MR) is 69.6 cm³/mol. The number of rotatable bonds is 1. The highest BCUT2D eigenvalue weighted by atomic mass is 16.5. The van der Waals surface area contributed by atoms with Crippen molar-refractivity contribution in [2.45, 2.75) is 27.7 Å². The van der Waals surface area contributed by atoms with Crippen LogP contribution in [0.3, 0.4) is 0 Å². The number of aryl methyl sites for hydroxylation is 4. The van der Waals surface area contributed by atoms with Gasteiger partial charge in [0.2, 0.25) is 0 Å². The monoisotopic (exact) mass is 241 g/mol. The summed E-state index contributed by atoms with van der Waals surface area (Å²) < 4.78 is 7.20. The second-order valence-corrected chi connectivity index (χ2v) is 4.66. The predicted octanol–water partition coefficient (Wildman–Crippen LogP) is 3.22. The van der Waals surface area contributed by atoms with Crippen LogP contribution in [0.2, 0.25) is 0 Å². The number of hydrogen-bond donors (Lipinski definition) is 0. The Morgan fingerprint density at radius 1 is 1.11 bits per heavy atom. The molecule has 92 valence electrons. The Bertz CT molecular complexity index is 717. The highest BCUT2D eigenvalue weighted by Gasteiger charge is 2.16. The molecular formula is C14H15N3O. The van der Waals surface area contributed by atoms with E-state index in [1.54, 1.807) is 0 Å². The molecule has 3 rings (SSSR count). The minimum Gasteiger partial charge on any atom is -0.361 e. The molecule has 0 aliphatic rings. The number of fused-ring (bicyclic) bond motifs is 1. The number of hydrogen-bond acceptors (Lipinski definition) is 3. The van der Waals surface area contributed by atoms with Crippen LogP contribution in [0.25, 0.3) is 16.6 Å². The molecule has 0 fully saturated rings. The van der Waals surface area contributed by atoms with Crippen LogP contribution < -0.4 is 0 Å². The molecule has 0 unspecified atom stereocenters. The van der Waals surface area contributed by atoms with Gasteiger partial charge in [-0.3, -0.25) is 0 Å². The zero-order valence-electron chi connectivity index (χ0n) is 11.0. The molecule has 3 heterocycles. The lowest BCUT2D eigenvalue weighted by Gasteiger charge is -2.04. The molecular weight excluding hydrogens is 226 g/mol. The van der Waals surface area contributed by atoms with Gasteiger partial charge in [0.25, 0.3) is 0 Å². The Balaban J connectivity index is 2.35. The van der Waals surface area contributed by atoms with E-state index in [9.17, 15) is 0 Å². The fraction of sp³-hybridized carbons (Fsp3) is 0.286. The van der Waals surface area contributed by atoms with Crippen molar-refractivity contribution >= 4 is 5.52 Å². The SMILES string of the molecule is Cc1ccc2c(-c3c(C)noc3C)cnn2c1C. The molecule has 0 aromatic carbocycles. The molecule has 0 aliphatic heterocycles. The van der Waals surface area contributed by atoms with Gasteiger partial charge in [-0.2, -0.15) is 5.10 Å². The maximum Gasteiger partial charge on any atom is 0.141 e. The zero-order valence-corrected chi connectivity index (χ0v) is 11.0.